The summed E-state index contributed by atoms with van der Waals surface area (Å²) in [5.41, 5.74) is 2.61. The minimum atomic E-state index is 0.459. The van der Waals surface area contributed by atoms with E-state index in [0.29, 0.717) is 6.04 Å². The van der Waals surface area contributed by atoms with Crippen molar-refractivity contribution in [1.29, 1.82) is 0 Å². The highest BCUT2D eigenvalue weighted by Gasteiger charge is 2.20. The molecule has 0 spiro atoms. The summed E-state index contributed by atoms with van der Waals surface area (Å²) in [5, 5.41) is 3.57. The standard InChI is InChI=1S/C15H22N4/c1-12(2)19-11-16-8-15(19)10-18-7-3-4-14(18)9-17-13-5-6-13/h3-4,7-8,11-13,17H,5-6,9-10H2,1-2H3. The molecule has 1 saturated carbocycles. The van der Waals surface area contributed by atoms with E-state index in [1.165, 1.54) is 24.2 Å². The zero-order valence-corrected chi connectivity index (χ0v) is 11.7. The van der Waals surface area contributed by atoms with Gasteiger partial charge in [-0.2, -0.15) is 0 Å². The van der Waals surface area contributed by atoms with E-state index >= 15 is 0 Å². The van der Waals surface area contributed by atoms with Crippen molar-refractivity contribution in [3.8, 4) is 0 Å². The predicted octanol–water partition coefficient (Wildman–Crippen LogP) is 2.57. The van der Waals surface area contributed by atoms with E-state index in [0.717, 1.165) is 19.1 Å². The molecular weight excluding hydrogens is 236 g/mol. The summed E-state index contributed by atoms with van der Waals surface area (Å²) < 4.78 is 4.55. The van der Waals surface area contributed by atoms with Crippen LogP contribution in [0.1, 0.15) is 44.1 Å². The van der Waals surface area contributed by atoms with Crippen LogP contribution >= 0.6 is 0 Å². The van der Waals surface area contributed by atoms with Gasteiger partial charge < -0.3 is 14.5 Å². The lowest BCUT2D eigenvalue weighted by Gasteiger charge is -2.14. The van der Waals surface area contributed by atoms with E-state index in [4.69, 9.17) is 0 Å². The van der Waals surface area contributed by atoms with Gasteiger partial charge in [-0.15, -0.1) is 0 Å². The summed E-state index contributed by atoms with van der Waals surface area (Å²) in [5.74, 6) is 0. The molecule has 1 fully saturated rings. The highest BCUT2D eigenvalue weighted by atomic mass is 15.1. The van der Waals surface area contributed by atoms with Crippen molar-refractivity contribution in [1.82, 2.24) is 19.4 Å². The Hall–Kier alpha value is -1.55. The molecule has 0 bridgehead atoms. The summed E-state index contributed by atoms with van der Waals surface area (Å²) in [6.45, 7) is 6.24. The van der Waals surface area contributed by atoms with Gasteiger partial charge in [-0.3, -0.25) is 0 Å². The molecule has 0 aliphatic heterocycles. The Morgan fingerprint density at radius 3 is 2.95 bits per heavy atom. The van der Waals surface area contributed by atoms with Crippen LogP contribution in [0.5, 0.6) is 0 Å². The quantitative estimate of drug-likeness (QED) is 0.864. The lowest BCUT2D eigenvalue weighted by molar-refractivity contribution is 0.552. The Labute approximate surface area is 114 Å². The Morgan fingerprint density at radius 1 is 1.37 bits per heavy atom. The van der Waals surface area contributed by atoms with Gasteiger partial charge in [-0.05, 0) is 38.8 Å². The highest BCUT2D eigenvalue weighted by Crippen LogP contribution is 2.19. The average molecular weight is 258 g/mol. The van der Waals surface area contributed by atoms with Crippen LogP contribution in [-0.4, -0.2) is 20.2 Å². The van der Waals surface area contributed by atoms with Crippen LogP contribution in [0.3, 0.4) is 0 Å². The van der Waals surface area contributed by atoms with Gasteiger partial charge >= 0.3 is 0 Å². The third kappa shape index (κ3) is 2.89. The molecule has 1 aliphatic rings. The fourth-order valence-corrected chi connectivity index (χ4v) is 2.39. The second kappa shape index (κ2) is 5.21. The summed E-state index contributed by atoms with van der Waals surface area (Å²) in [7, 11) is 0. The predicted molar refractivity (Wildman–Crippen MR) is 76.0 cm³/mol. The van der Waals surface area contributed by atoms with Gasteiger partial charge in [-0.25, -0.2) is 4.98 Å². The van der Waals surface area contributed by atoms with E-state index in [1.807, 2.05) is 12.5 Å². The summed E-state index contributed by atoms with van der Waals surface area (Å²) in [6, 6.07) is 5.54. The number of imidazole rings is 1. The maximum Gasteiger partial charge on any atom is 0.0951 e. The Kier molecular flexibility index (Phi) is 3.42. The van der Waals surface area contributed by atoms with Crippen LogP contribution in [0.15, 0.2) is 30.9 Å². The number of nitrogens with one attached hydrogen (secondary N) is 1. The maximum atomic E-state index is 4.27. The summed E-state index contributed by atoms with van der Waals surface area (Å²) in [6.07, 6.45) is 8.72. The zero-order valence-electron chi connectivity index (χ0n) is 11.7. The highest BCUT2D eigenvalue weighted by molar-refractivity contribution is 5.11. The molecule has 0 amide bonds. The van der Waals surface area contributed by atoms with E-state index in [9.17, 15) is 0 Å². The van der Waals surface area contributed by atoms with Crippen LogP contribution in [0, 0.1) is 0 Å². The molecule has 4 nitrogen and oxygen atoms in total. The molecule has 0 aromatic carbocycles. The van der Waals surface area contributed by atoms with Gasteiger partial charge in [0.2, 0.25) is 0 Å². The molecule has 1 aliphatic carbocycles. The van der Waals surface area contributed by atoms with Crippen molar-refractivity contribution in [3.63, 3.8) is 0 Å². The molecule has 102 valence electrons. The first-order chi connectivity index (χ1) is 9.24. The molecular formula is C15H22N4. The van der Waals surface area contributed by atoms with Crippen molar-refractivity contribution >= 4 is 0 Å². The molecule has 1 N–H and O–H groups in total. The van der Waals surface area contributed by atoms with Crippen LogP contribution < -0.4 is 5.32 Å². The molecule has 2 aromatic heterocycles. The Bertz CT molecular complexity index is 534. The molecule has 3 rings (SSSR count). The lowest BCUT2D eigenvalue weighted by atomic mass is 10.3. The first-order valence-electron chi connectivity index (χ1n) is 7.12. The molecule has 0 radical (unpaired) electrons. The Morgan fingerprint density at radius 2 is 2.21 bits per heavy atom. The van der Waals surface area contributed by atoms with Crippen LogP contribution in [0.25, 0.3) is 0 Å². The van der Waals surface area contributed by atoms with Gasteiger partial charge in [0.05, 0.1) is 18.6 Å². The largest absolute Gasteiger partial charge is 0.344 e. The van der Waals surface area contributed by atoms with Crippen LogP contribution in [0.2, 0.25) is 0 Å². The lowest BCUT2D eigenvalue weighted by Crippen LogP contribution is -2.18. The van der Waals surface area contributed by atoms with Crippen LogP contribution in [0.4, 0.5) is 0 Å². The van der Waals surface area contributed by atoms with Crippen LogP contribution in [-0.2, 0) is 13.1 Å². The normalized spacial score (nSPS) is 15.3. The van der Waals surface area contributed by atoms with E-state index in [2.05, 4.69) is 51.6 Å². The number of nitrogens with zero attached hydrogens (tertiary/aromatic N) is 3. The first-order valence-corrected chi connectivity index (χ1v) is 7.12. The SMILES string of the molecule is CC(C)n1cncc1Cn1cccc1CNC1CC1. The molecule has 4 heteroatoms. The van der Waals surface area contributed by atoms with Gasteiger partial charge in [0, 0.05) is 36.7 Å². The molecule has 2 heterocycles. The average Bonchev–Trinajstić information content (AvgIpc) is 2.92. The van der Waals surface area contributed by atoms with Crippen molar-refractivity contribution in [2.75, 3.05) is 0 Å². The first kappa shape index (κ1) is 12.5. The molecule has 0 saturated heterocycles. The van der Waals surface area contributed by atoms with Gasteiger partial charge in [0.15, 0.2) is 0 Å². The van der Waals surface area contributed by atoms with Crippen molar-refractivity contribution < 1.29 is 0 Å². The van der Waals surface area contributed by atoms with E-state index < -0.39 is 0 Å². The minimum absolute atomic E-state index is 0.459. The summed E-state index contributed by atoms with van der Waals surface area (Å²) in [4.78, 5) is 4.27. The van der Waals surface area contributed by atoms with Crippen molar-refractivity contribution in [2.45, 2.75) is 51.9 Å². The van der Waals surface area contributed by atoms with E-state index in [-0.39, 0.29) is 0 Å². The number of aromatic nitrogens is 3. The maximum absolute atomic E-state index is 4.27. The molecule has 0 unspecified atom stereocenters. The number of hydrogen-bond acceptors (Lipinski definition) is 2. The fourth-order valence-electron chi connectivity index (χ4n) is 2.39. The third-order valence-corrected chi connectivity index (χ3v) is 3.71. The second-order valence-corrected chi connectivity index (χ2v) is 5.67. The van der Waals surface area contributed by atoms with Crippen molar-refractivity contribution in [2.24, 2.45) is 0 Å². The molecule has 19 heavy (non-hydrogen) atoms. The van der Waals surface area contributed by atoms with Crippen molar-refractivity contribution in [3.05, 3.63) is 42.2 Å². The zero-order chi connectivity index (χ0) is 13.2. The number of hydrogen-bond donors (Lipinski definition) is 1. The summed E-state index contributed by atoms with van der Waals surface area (Å²) >= 11 is 0. The van der Waals surface area contributed by atoms with Gasteiger partial charge in [0.1, 0.15) is 0 Å². The number of rotatable bonds is 6. The third-order valence-electron chi connectivity index (χ3n) is 3.71. The topological polar surface area (TPSA) is 34.8 Å². The fraction of sp³-hybridized carbons (Fsp3) is 0.533. The minimum Gasteiger partial charge on any atom is -0.344 e. The molecule has 0 atom stereocenters. The van der Waals surface area contributed by atoms with E-state index in [1.54, 1.807) is 0 Å². The Balaban J connectivity index is 1.71. The monoisotopic (exact) mass is 258 g/mol. The molecule has 2 aromatic rings. The smallest absolute Gasteiger partial charge is 0.0951 e. The second-order valence-electron chi connectivity index (χ2n) is 5.67. The van der Waals surface area contributed by atoms with Gasteiger partial charge in [-0.1, -0.05) is 0 Å². The van der Waals surface area contributed by atoms with Gasteiger partial charge in [0.25, 0.3) is 0 Å².